The molecule has 0 unspecified atom stereocenters. The van der Waals surface area contributed by atoms with Gasteiger partial charge in [-0.1, -0.05) is 6.07 Å². The molecule has 70 valence electrons. The second kappa shape index (κ2) is 5.67. The van der Waals surface area contributed by atoms with E-state index in [9.17, 15) is 8.42 Å². The minimum Gasteiger partial charge on any atom is -0.246 e. The summed E-state index contributed by atoms with van der Waals surface area (Å²) in [7, 11) is -2.85. The van der Waals surface area contributed by atoms with Crippen LogP contribution >= 0.6 is 14.8 Å². The zero-order chi connectivity index (χ0) is 10.3. The van der Waals surface area contributed by atoms with Gasteiger partial charge in [-0.05, 0) is 12.1 Å². The fourth-order valence-corrected chi connectivity index (χ4v) is 0.429. The van der Waals surface area contributed by atoms with E-state index in [4.69, 9.17) is 5.26 Å². The molecule has 0 spiro atoms. The van der Waals surface area contributed by atoms with Crippen molar-refractivity contribution in [1.29, 1.82) is 5.26 Å². The first-order valence-corrected chi connectivity index (χ1v) is 6.87. The molecule has 4 nitrogen and oxygen atoms in total. The Morgan fingerprint density at radius 3 is 2.31 bits per heavy atom. The van der Waals surface area contributed by atoms with E-state index in [1.807, 2.05) is 6.07 Å². The number of rotatable bonds is 0. The molecule has 0 radical (unpaired) electrons. The molecule has 0 saturated heterocycles. The van der Waals surface area contributed by atoms with E-state index in [0.717, 1.165) is 6.26 Å². The van der Waals surface area contributed by atoms with E-state index < -0.39 is 8.27 Å². The minimum absolute atomic E-state index is 0.465. The average Bonchev–Trinajstić information content (AvgIpc) is 2.03. The summed E-state index contributed by atoms with van der Waals surface area (Å²) in [6, 6.07) is 7.14. The lowest BCUT2D eigenvalue weighted by molar-refractivity contribution is 0.616. The predicted molar refractivity (Wildman–Crippen MR) is 52.7 cm³/mol. The monoisotopic (exact) mass is 262 g/mol. The lowest BCUT2D eigenvalue weighted by Gasteiger charge is -1.79. The second-order valence-electron chi connectivity index (χ2n) is 2.01. The topological polar surface area (TPSA) is 70.8 Å². The van der Waals surface area contributed by atoms with Crippen LogP contribution in [0.4, 0.5) is 0 Å². The van der Waals surface area contributed by atoms with Crippen LogP contribution in [0.2, 0.25) is 0 Å². The van der Waals surface area contributed by atoms with Gasteiger partial charge in [0.25, 0.3) is 0 Å². The average molecular weight is 263 g/mol. The largest absolute Gasteiger partial charge is 0.246 e. The zero-order valence-corrected chi connectivity index (χ0v) is 9.21. The van der Waals surface area contributed by atoms with Gasteiger partial charge in [-0.25, -0.2) is 13.4 Å². The van der Waals surface area contributed by atoms with Gasteiger partial charge in [0.2, 0.25) is 8.27 Å². The van der Waals surface area contributed by atoms with Crippen molar-refractivity contribution in [3.63, 3.8) is 0 Å². The molecule has 1 aromatic heterocycles. The van der Waals surface area contributed by atoms with Crippen LogP contribution < -0.4 is 0 Å². The molecular weight excluding hydrogens is 256 g/mol. The molecule has 6 heteroatoms. The van der Waals surface area contributed by atoms with Gasteiger partial charge >= 0.3 is 0 Å². The Balaban J connectivity index is 0.000000252. The maximum Gasteiger partial charge on any atom is 0.206 e. The smallest absolute Gasteiger partial charge is 0.206 e. The van der Waals surface area contributed by atoms with Crippen LogP contribution in [0.3, 0.4) is 0 Å². The van der Waals surface area contributed by atoms with E-state index in [0.29, 0.717) is 5.69 Å². The molecule has 0 amide bonds. The molecular formula is C7H7BrN2O2S. The summed E-state index contributed by atoms with van der Waals surface area (Å²) < 4.78 is 19.1. The molecule has 0 atom stereocenters. The summed E-state index contributed by atoms with van der Waals surface area (Å²) in [6.07, 6.45) is 2.67. The third-order valence-corrected chi connectivity index (χ3v) is 0.779. The number of nitriles is 1. The van der Waals surface area contributed by atoms with E-state index in [1.54, 1.807) is 24.4 Å². The fraction of sp³-hybridized carbons (Fsp3) is 0.143. The van der Waals surface area contributed by atoms with E-state index >= 15 is 0 Å². The molecule has 1 rings (SSSR count). The number of nitrogens with zero attached hydrogens (tertiary/aromatic N) is 2. The molecule has 0 bridgehead atoms. The summed E-state index contributed by atoms with van der Waals surface area (Å²) >= 11 is 2.35. The Morgan fingerprint density at radius 1 is 1.54 bits per heavy atom. The lowest BCUT2D eigenvalue weighted by atomic mass is 10.4. The van der Waals surface area contributed by atoms with Crippen LogP contribution in [0, 0.1) is 11.3 Å². The van der Waals surface area contributed by atoms with Crippen molar-refractivity contribution in [3.05, 3.63) is 30.1 Å². The maximum atomic E-state index is 9.55. The highest BCUT2D eigenvalue weighted by molar-refractivity contribution is 9.47. The molecule has 0 aromatic carbocycles. The second-order valence-corrected chi connectivity index (χ2v) is 6.90. The molecule has 1 aromatic rings. The van der Waals surface area contributed by atoms with Gasteiger partial charge in [-0.2, -0.15) is 5.26 Å². The SMILES string of the molecule is CS(=O)(=O)Br.N#Cc1ccccn1. The van der Waals surface area contributed by atoms with Crippen molar-refractivity contribution in [2.24, 2.45) is 0 Å². The first-order valence-electron chi connectivity index (χ1n) is 3.14. The van der Waals surface area contributed by atoms with Crippen LogP contribution in [0.15, 0.2) is 24.4 Å². The number of hydrogen-bond donors (Lipinski definition) is 0. The van der Waals surface area contributed by atoms with E-state index in [2.05, 4.69) is 19.8 Å². The Bertz CT molecular complexity index is 375. The molecule has 0 aliphatic rings. The van der Waals surface area contributed by atoms with Crippen molar-refractivity contribution in [2.75, 3.05) is 6.26 Å². The Labute approximate surface area is 84.3 Å². The van der Waals surface area contributed by atoms with Crippen LogP contribution in [0.5, 0.6) is 0 Å². The summed E-state index contributed by atoms with van der Waals surface area (Å²) in [6.45, 7) is 0. The minimum atomic E-state index is -2.85. The maximum absolute atomic E-state index is 9.55. The summed E-state index contributed by atoms with van der Waals surface area (Å²) in [4.78, 5) is 3.74. The highest BCUT2D eigenvalue weighted by Gasteiger charge is 1.83. The molecule has 0 aliphatic carbocycles. The quantitative estimate of drug-likeness (QED) is 0.661. The van der Waals surface area contributed by atoms with Gasteiger partial charge in [0.1, 0.15) is 11.8 Å². The van der Waals surface area contributed by atoms with Crippen molar-refractivity contribution < 1.29 is 8.42 Å². The Hall–Kier alpha value is -0.930. The van der Waals surface area contributed by atoms with Crippen molar-refractivity contribution >= 4 is 23.1 Å². The Kier molecular flexibility index (Phi) is 5.26. The normalized spacial score (nSPS) is 9.31. The van der Waals surface area contributed by atoms with Crippen LogP contribution in [0.1, 0.15) is 5.69 Å². The molecule has 0 saturated carbocycles. The zero-order valence-electron chi connectivity index (χ0n) is 6.81. The number of pyridine rings is 1. The van der Waals surface area contributed by atoms with E-state index in [-0.39, 0.29) is 0 Å². The van der Waals surface area contributed by atoms with Crippen molar-refractivity contribution in [2.45, 2.75) is 0 Å². The number of hydrogen-bond acceptors (Lipinski definition) is 4. The number of aromatic nitrogens is 1. The lowest BCUT2D eigenvalue weighted by Crippen LogP contribution is -1.75. The van der Waals surface area contributed by atoms with Gasteiger partial charge in [0.15, 0.2) is 0 Å². The fourth-order valence-electron chi connectivity index (χ4n) is 0.429. The van der Waals surface area contributed by atoms with Crippen molar-refractivity contribution in [1.82, 2.24) is 4.98 Å². The standard InChI is InChI=1S/C6H4N2.CH3BrO2S/c7-5-6-3-1-2-4-8-6;1-5(2,3)4/h1-4H;1H3. The van der Waals surface area contributed by atoms with Gasteiger partial charge in [0.05, 0.1) is 14.8 Å². The first kappa shape index (κ1) is 12.1. The molecule has 13 heavy (non-hydrogen) atoms. The third-order valence-electron chi connectivity index (χ3n) is 0.779. The summed E-state index contributed by atoms with van der Waals surface area (Å²) in [5.74, 6) is 0. The molecule has 0 N–H and O–H groups in total. The molecule has 0 aliphatic heterocycles. The molecule has 0 fully saturated rings. The van der Waals surface area contributed by atoms with Gasteiger partial charge in [-0.15, -0.1) is 0 Å². The van der Waals surface area contributed by atoms with Crippen LogP contribution in [-0.4, -0.2) is 19.7 Å². The van der Waals surface area contributed by atoms with E-state index in [1.165, 1.54) is 0 Å². The van der Waals surface area contributed by atoms with Crippen molar-refractivity contribution in [3.8, 4) is 6.07 Å². The first-order chi connectivity index (χ1) is 5.93. The van der Waals surface area contributed by atoms with Gasteiger partial charge in [-0.3, -0.25) is 0 Å². The van der Waals surface area contributed by atoms with Crippen LogP contribution in [-0.2, 0) is 8.27 Å². The van der Waals surface area contributed by atoms with Gasteiger partial charge in [0, 0.05) is 12.5 Å². The summed E-state index contributed by atoms with van der Waals surface area (Å²) in [5.41, 5.74) is 0.465. The third kappa shape index (κ3) is 11.1. The predicted octanol–water partition coefficient (Wildman–Crippen LogP) is 1.29. The van der Waals surface area contributed by atoms with Gasteiger partial charge < -0.3 is 0 Å². The Morgan fingerprint density at radius 2 is 2.08 bits per heavy atom. The number of halogens is 1. The van der Waals surface area contributed by atoms with Crippen LogP contribution in [0.25, 0.3) is 0 Å². The summed E-state index contributed by atoms with van der Waals surface area (Å²) in [5, 5.41) is 8.23. The molecule has 1 heterocycles. The highest BCUT2D eigenvalue weighted by atomic mass is 79.9. The highest BCUT2D eigenvalue weighted by Crippen LogP contribution is 1.89.